The fourth-order valence-electron chi connectivity index (χ4n) is 3.48. The first-order chi connectivity index (χ1) is 14.7. The van der Waals surface area contributed by atoms with Crippen molar-refractivity contribution in [2.45, 2.75) is 10.9 Å². The number of methoxy groups -OCH3 is 1. The molecule has 0 saturated carbocycles. The van der Waals surface area contributed by atoms with E-state index >= 15 is 0 Å². The van der Waals surface area contributed by atoms with Gasteiger partial charge < -0.3 is 9.47 Å². The number of ether oxygens (including phenoxy) is 2. The van der Waals surface area contributed by atoms with Gasteiger partial charge in [0.25, 0.3) is 5.91 Å². The van der Waals surface area contributed by atoms with Crippen LogP contribution in [0.1, 0.15) is 17.2 Å². The van der Waals surface area contributed by atoms with E-state index in [1.165, 1.54) is 7.11 Å². The molecule has 0 fully saturated rings. The summed E-state index contributed by atoms with van der Waals surface area (Å²) < 4.78 is 11.1. The molecule has 1 aliphatic heterocycles. The van der Waals surface area contributed by atoms with E-state index in [0.29, 0.717) is 17.1 Å². The number of carbonyl (C=O) groups is 1. The van der Waals surface area contributed by atoms with Crippen molar-refractivity contribution >= 4 is 23.4 Å². The van der Waals surface area contributed by atoms with E-state index in [2.05, 4.69) is 6.07 Å². The monoisotopic (exact) mass is 416 g/mol. The summed E-state index contributed by atoms with van der Waals surface area (Å²) in [6, 6.07) is 24.8. The quantitative estimate of drug-likeness (QED) is 0.596. The molecule has 4 rings (SSSR count). The second-order valence-electron chi connectivity index (χ2n) is 6.74. The lowest BCUT2D eigenvalue weighted by Gasteiger charge is -2.37. The normalized spacial score (nSPS) is 15.1. The number of hydrogen-bond donors (Lipinski definition) is 0. The molecule has 0 N–H and O–H groups in total. The van der Waals surface area contributed by atoms with Crippen molar-refractivity contribution in [1.82, 2.24) is 0 Å². The number of nitrogens with zero attached hydrogens (tertiary/aromatic N) is 2. The third-order valence-electron chi connectivity index (χ3n) is 4.93. The highest BCUT2D eigenvalue weighted by molar-refractivity contribution is 7.99. The second-order valence-corrected chi connectivity index (χ2v) is 7.80. The van der Waals surface area contributed by atoms with Gasteiger partial charge in [0.1, 0.15) is 0 Å². The van der Waals surface area contributed by atoms with Gasteiger partial charge in [0.2, 0.25) is 0 Å². The molecule has 1 heterocycles. The van der Waals surface area contributed by atoms with Gasteiger partial charge in [0.15, 0.2) is 18.1 Å². The van der Waals surface area contributed by atoms with Gasteiger partial charge in [-0.15, -0.1) is 11.8 Å². The van der Waals surface area contributed by atoms with E-state index in [4.69, 9.17) is 14.7 Å². The Bertz CT molecular complexity index is 1100. The molecule has 6 heteroatoms. The van der Waals surface area contributed by atoms with E-state index < -0.39 is 0 Å². The predicted molar refractivity (Wildman–Crippen MR) is 117 cm³/mol. The number of carbonyl (C=O) groups excluding carboxylic acids is 1. The van der Waals surface area contributed by atoms with Gasteiger partial charge >= 0.3 is 0 Å². The van der Waals surface area contributed by atoms with Crippen LogP contribution < -0.4 is 14.4 Å². The molecule has 0 spiro atoms. The Labute approximate surface area is 179 Å². The molecule has 0 saturated heterocycles. The Balaban J connectivity index is 1.61. The van der Waals surface area contributed by atoms with E-state index in [-0.39, 0.29) is 18.6 Å². The molecule has 1 amide bonds. The number of para-hydroxylation sites is 1. The molecule has 0 unspecified atom stereocenters. The van der Waals surface area contributed by atoms with Crippen LogP contribution in [0.25, 0.3) is 0 Å². The van der Waals surface area contributed by atoms with Gasteiger partial charge in [-0.2, -0.15) is 5.26 Å². The van der Waals surface area contributed by atoms with Gasteiger partial charge in [0, 0.05) is 16.7 Å². The first-order valence-corrected chi connectivity index (χ1v) is 10.5. The maximum Gasteiger partial charge on any atom is 0.265 e. The highest BCUT2D eigenvalue weighted by atomic mass is 32.2. The Hall–Kier alpha value is -3.43. The van der Waals surface area contributed by atoms with Gasteiger partial charge in [-0.3, -0.25) is 9.69 Å². The van der Waals surface area contributed by atoms with Crippen LogP contribution in [0.5, 0.6) is 11.5 Å². The Morgan fingerprint density at radius 2 is 1.87 bits per heavy atom. The zero-order chi connectivity index (χ0) is 20.9. The van der Waals surface area contributed by atoms with Crippen LogP contribution in [0.3, 0.4) is 0 Å². The molecule has 3 aromatic rings. The third kappa shape index (κ3) is 3.98. The van der Waals surface area contributed by atoms with Crippen LogP contribution in [0.2, 0.25) is 0 Å². The summed E-state index contributed by atoms with van der Waals surface area (Å²) in [6.45, 7) is -0.134. The zero-order valence-corrected chi connectivity index (χ0v) is 17.3. The van der Waals surface area contributed by atoms with Crippen LogP contribution in [-0.4, -0.2) is 25.4 Å². The summed E-state index contributed by atoms with van der Waals surface area (Å²) in [5.74, 6) is 1.49. The fourth-order valence-corrected chi connectivity index (χ4v) is 4.65. The lowest BCUT2D eigenvalue weighted by Crippen LogP contribution is -2.41. The SMILES string of the molecule is COc1cc(C#N)ccc1OCC(=O)N1c2ccccc2SC[C@H]1c1ccccc1. The van der Waals surface area contributed by atoms with Crippen molar-refractivity contribution in [3.63, 3.8) is 0 Å². The second kappa shape index (κ2) is 8.93. The molecule has 30 heavy (non-hydrogen) atoms. The Kier molecular flexibility index (Phi) is 5.92. The van der Waals surface area contributed by atoms with Crippen molar-refractivity contribution in [2.24, 2.45) is 0 Å². The number of benzene rings is 3. The van der Waals surface area contributed by atoms with E-state index in [1.807, 2.05) is 59.5 Å². The topological polar surface area (TPSA) is 62.6 Å². The number of hydrogen-bond acceptors (Lipinski definition) is 5. The fraction of sp³-hybridized carbons (Fsp3) is 0.167. The molecule has 0 bridgehead atoms. The molecule has 1 atom stereocenters. The lowest BCUT2D eigenvalue weighted by atomic mass is 10.1. The minimum atomic E-state index is -0.136. The van der Waals surface area contributed by atoms with Gasteiger partial charge in [-0.25, -0.2) is 0 Å². The number of rotatable bonds is 5. The average Bonchev–Trinajstić information content (AvgIpc) is 2.82. The zero-order valence-electron chi connectivity index (χ0n) is 16.4. The van der Waals surface area contributed by atoms with Gasteiger partial charge in [-0.05, 0) is 29.8 Å². The highest BCUT2D eigenvalue weighted by Crippen LogP contribution is 2.43. The van der Waals surface area contributed by atoms with Crippen molar-refractivity contribution in [3.8, 4) is 17.6 Å². The average molecular weight is 417 g/mol. The Morgan fingerprint density at radius 3 is 2.63 bits per heavy atom. The van der Waals surface area contributed by atoms with Crippen molar-refractivity contribution in [2.75, 3.05) is 24.4 Å². The molecule has 5 nitrogen and oxygen atoms in total. The van der Waals surface area contributed by atoms with Crippen LogP contribution in [0.4, 0.5) is 5.69 Å². The Morgan fingerprint density at radius 1 is 1.10 bits per heavy atom. The summed E-state index contributed by atoms with van der Waals surface area (Å²) in [4.78, 5) is 16.2. The van der Waals surface area contributed by atoms with Crippen LogP contribution in [-0.2, 0) is 4.79 Å². The molecule has 3 aromatic carbocycles. The number of thioether (sulfide) groups is 1. The summed E-state index contributed by atoms with van der Waals surface area (Å²) in [5, 5.41) is 9.06. The number of amides is 1. The summed E-state index contributed by atoms with van der Waals surface area (Å²) in [7, 11) is 1.51. The molecular weight excluding hydrogens is 396 g/mol. The predicted octanol–water partition coefficient (Wildman–Crippen LogP) is 4.83. The van der Waals surface area contributed by atoms with E-state index in [1.54, 1.807) is 30.0 Å². The van der Waals surface area contributed by atoms with Crippen LogP contribution in [0.15, 0.2) is 77.7 Å². The highest BCUT2D eigenvalue weighted by Gasteiger charge is 2.32. The molecule has 0 radical (unpaired) electrons. The van der Waals surface area contributed by atoms with Crippen LogP contribution in [0, 0.1) is 11.3 Å². The third-order valence-corrected chi connectivity index (χ3v) is 6.07. The number of nitriles is 1. The van der Waals surface area contributed by atoms with Gasteiger partial charge in [-0.1, -0.05) is 42.5 Å². The molecule has 150 valence electrons. The maximum absolute atomic E-state index is 13.3. The molecule has 0 aromatic heterocycles. The molecule has 0 aliphatic carbocycles. The minimum Gasteiger partial charge on any atom is -0.493 e. The van der Waals surface area contributed by atoms with Crippen LogP contribution >= 0.6 is 11.8 Å². The smallest absolute Gasteiger partial charge is 0.265 e. The first kappa shape index (κ1) is 19.9. The van der Waals surface area contributed by atoms with Crippen molar-refractivity contribution in [3.05, 3.63) is 83.9 Å². The lowest BCUT2D eigenvalue weighted by molar-refractivity contribution is -0.121. The molecule has 1 aliphatic rings. The van der Waals surface area contributed by atoms with Crippen molar-refractivity contribution in [1.29, 1.82) is 5.26 Å². The minimum absolute atomic E-state index is 0.0786. The first-order valence-electron chi connectivity index (χ1n) is 9.51. The largest absolute Gasteiger partial charge is 0.493 e. The summed E-state index contributed by atoms with van der Waals surface area (Å²) in [5.41, 5.74) is 2.45. The summed E-state index contributed by atoms with van der Waals surface area (Å²) >= 11 is 1.75. The molecular formula is C24H20N2O3S. The van der Waals surface area contributed by atoms with E-state index in [9.17, 15) is 4.79 Å². The standard InChI is InChI=1S/C24H20N2O3S/c1-28-22-13-17(14-25)11-12-21(22)29-15-24(27)26-19-9-5-6-10-23(19)30-16-20(26)18-7-3-2-4-8-18/h2-13,20H,15-16H2,1H3/t20-/m0/s1. The van der Waals surface area contributed by atoms with E-state index in [0.717, 1.165) is 21.9 Å². The summed E-state index contributed by atoms with van der Waals surface area (Å²) in [6.07, 6.45) is 0. The van der Waals surface area contributed by atoms with Gasteiger partial charge in [0.05, 0.1) is 30.5 Å². The number of anilines is 1. The maximum atomic E-state index is 13.3. The van der Waals surface area contributed by atoms with Crippen molar-refractivity contribution < 1.29 is 14.3 Å². The number of fused-ring (bicyclic) bond motifs is 1.